The van der Waals surface area contributed by atoms with Crippen molar-refractivity contribution < 1.29 is 22.8 Å². The highest BCUT2D eigenvalue weighted by Gasteiger charge is 2.49. The number of fused-ring (bicyclic) bond motifs is 4. The molecule has 0 amide bonds. The third kappa shape index (κ3) is 3.62. The average molecular weight is 537 g/mol. The Morgan fingerprint density at radius 2 is 2.12 bits per heavy atom. The Hall–Kier alpha value is -2.44. The van der Waals surface area contributed by atoms with Crippen LogP contribution in [0.5, 0.6) is 6.01 Å². The van der Waals surface area contributed by atoms with Crippen molar-refractivity contribution in [2.45, 2.75) is 57.7 Å². The number of rotatable bonds is 6. The molecule has 0 bridgehead atoms. The monoisotopic (exact) mass is 536 g/mol. The molecule has 0 radical (unpaired) electrons. The summed E-state index contributed by atoms with van der Waals surface area (Å²) in [6, 6.07) is 0.0347. The molecule has 1 aromatic carbocycles. The minimum absolute atomic E-state index is 0.0347. The number of halogens is 3. The molecule has 3 aliphatic heterocycles. The summed E-state index contributed by atoms with van der Waals surface area (Å²) in [4.78, 5) is 15.4. The van der Waals surface area contributed by atoms with Crippen LogP contribution in [0.1, 0.15) is 42.1 Å². The lowest BCUT2D eigenvalue weighted by Gasteiger charge is -2.30. The second-order valence-electron chi connectivity index (χ2n) is 9.10. The number of hydrogen-bond donors (Lipinski definition) is 1. The molecule has 2 atom stereocenters. The number of ether oxygens (including phenoxy) is 2. The Balaban J connectivity index is 1.38. The summed E-state index contributed by atoms with van der Waals surface area (Å²) in [5.74, 6) is 0.778. The summed E-state index contributed by atoms with van der Waals surface area (Å²) in [6.45, 7) is 4.07. The second kappa shape index (κ2) is 8.35. The number of hydrogen-bond acceptors (Lipinski definition) is 9. The smallest absolute Gasteiger partial charge is 0.319 e. The molecule has 6 rings (SSSR count). The molecule has 9 nitrogen and oxygen atoms in total. The third-order valence-corrected chi connectivity index (χ3v) is 7.75. The highest BCUT2D eigenvalue weighted by Crippen LogP contribution is 2.42. The zero-order valence-corrected chi connectivity index (χ0v) is 20.1. The van der Waals surface area contributed by atoms with Gasteiger partial charge in [0.1, 0.15) is 24.1 Å². The first kappa shape index (κ1) is 22.1. The number of anilines is 1. The van der Waals surface area contributed by atoms with Crippen LogP contribution in [0.2, 0.25) is 0 Å². The molecule has 34 heavy (non-hydrogen) atoms. The van der Waals surface area contributed by atoms with Gasteiger partial charge in [0.2, 0.25) is 5.89 Å². The van der Waals surface area contributed by atoms with E-state index in [1.807, 2.05) is 0 Å². The largest absolute Gasteiger partial charge is 0.461 e. The van der Waals surface area contributed by atoms with Crippen molar-refractivity contribution in [1.82, 2.24) is 25.0 Å². The molecule has 3 aromatic rings. The van der Waals surface area contributed by atoms with Crippen LogP contribution in [0.4, 0.5) is 14.6 Å². The maximum atomic E-state index is 15.4. The van der Waals surface area contributed by atoms with Crippen molar-refractivity contribution in [2.24, 2.45) is 0 Å². The van der Waals surface area contributed by atoms with E-state index in [0.29, 0.717) is 53.6 Å². The van der Waals surface area contributed by atoms with Crippen molar-refractivity contribution in [3.05, 3.63) is 33.1 Å². The molecule has 0 unspecified atom stereocenters. The van der Waals surface area contributed by atoms with E-state index in [1.54, 1.807) is 6.92 Å². The fourth-order valence-corrected chi connectivity index (χ4v) is 5.93. The predicted molar refractivity (Wildman–Crippen MR) is 121 cm³/mol. The van der Waals surface area contributed by atoms with Crippen LogP contribution >= 0.6 is 15.9 Å². The maximum absolute atomic E-state index is 15.4. The molecule has 2 fully saturated rings. The van der Waals surface area contributed by atoms with Crippen molar-refractivity contribution in [2.75, 3.05) is 25.0 Å². The van der Waals surface area contributed by atoms with Gasteiger partial charge in [0, 0.05) is 25.5 Å². The van der Waals surface area contributed by atoms with Crippen LogP contribution in [0.15, 0.2) is 9.00 Å². The van der Waals surface area contributed by atoms with Gasteiger partial charge in [-0.25, -0.2) is 8.78 Å². The lowest BCUT2D eigenvalue weighted by Crippen LogP contribution is -2.43. The van der Waals surface area contributed by atoms with Crippen LogP contribution < -0.4 is 10.1 Å². The lowest BCUT2D eigenvalue weighted by molar-refractivity contribution is 0.107. The minimum Gasteiger partial charge on any atom is -0.461 e. The van der Waals surface area contributed by atoms with Gasteiger partial charge < -0.3 is 19.3 Å². The fraction of sp³-hybridized carbons (Fsp3) is 0.545. The number of aromatic nitrogens is 4. The quantitative estimate of drug-likeness (QED) is 0.503. The molecule has 12 heteroatoms. The summed E-state index contributed by atoms with van der Waals surface area (Å²) in [5.41, 5.74) is 1.32. The molecule has 1 N–H and O–H groups in total. The molecule has 2 aromatic heterocycles. The summed E-state index contributed by atoms with van der Waals surface area (Å²) < 4.78 is 46.5. The molecule has 0 aliphatic carbocycles. The average Bonchev–Trinajstić information content (AvgIpc) is 3.58. The van der Waals surface area contributed by atoms with E-state index in [9.17, 15) is 4.39 Å². The van der Waals surface area contributed by atoms with Crippen molar-refractivity contribution in [3.63, 3.8) is 0 Å². The molecule has 2 saturated heterocycles. The van der Waals surface area contributed by atoms with Gasteiger partial charge in [-0.05, 0) is 40.9 Å². The van der Waals surface area contributed by atoms with Gasteiger partial charge in [0.15, 0.2) is 11.6 Å². The summed E-state index contributed by atoms with van der Waals surface area (Å²) in [7, 11) is 0. The molecule has 0 saturated carbocycles. The van der Waals surface area contributed by atoms with E-state index < -0.39 is 12.0 Å². The van der Waals surface area contributed by atoms with Gasteiger partial charge in [-0.2, -0.15) is 15.0 Å². The minimum atomic E-state index is -0.868. The van der Waals surface area contributed by atoms with Crippen molar-refractivity contribution in [3.8, 4) is 6.01 Å². The normalized spacial score (nSPS) is 24.1. The molecule has 3 aliphatic rings. The van der Waals surface area contributed by atoms with E-state index in [0.717, 1.165) is 30.5 Å². The topological polar surface area (TPSA) is 98.4 Å². The van der Waals surface area contributed by atoms with E-state index in [-0.39, 0.29) is 30.2 Å². The SMILES string of the molecule is Cc1nc(CNc2nc(OC[C@@]34CCCN3C[C@H](F)C4)nc3c(F)c(Br)c4c(c23)COC4)no1. The summed E-state index contributed by atoms with van der Waals surface area (Å²) >= 11 is 3.36. The summed E-state index contributed by atoms with van der Waals surface area (Å²) in [6.07, 6.45) is 1.41. The Labute approximate surface area is 202 Å². The van der Waals surface area contributed by atoms with Crippen LogP contribution in [0.3, 0.4) is 0 Å². The predicted octanol–water partition coefficient (Wildman–Crippen LogP) is 3.82. The first-order chi connectivity index (χ1) is 16.4. The zero-order chi connectivity index (χ0) is 23.4. The highest BCUT2D eigenvalue weighted by atomic mass is 79.9. The first-order valence-corrected chi connectivity index (χ1v) is 12.1. The van der Waals surface area contributed by atoms with Crippen LogP contribution in [0.25, 0.3) is 10.9 Å². The van der Waals surface area contributed by atoms with E-state index in [4.69, 9.17) is 14.0 Å². The Morgan fingerprint density at radius 3 is 2.94 bits per heavy atom. The number of benzene rings is 1. The van der Waals surface area contributed by atoms with E-state index in [1.165, 1.54) is 0 Å². The number of alkyl halides is 1. The number of nitrogens with zero attached hydrogens (tertiary/aromatic N) is 5. The van der Waals surface area contributed by atoms with Crippen LogP contribution in [-0.2, 0) is 24.5 Å². The van der Waals surface area contributed by atoms with E-state index in [2.05, 4.69) is 46.3 Å². The second-order valence-corrected chi connectivity index (χ2v) is 9.90. The Bertz CT molecular complexity index is 1270. The zero-order valence-electron chi connectivity index (χ0n) is 18.5. The van der Waals surface area contributed by atoms with Crippen LogP contribution in [-0.4, -0.2) is 56.4 Å². The van der Waals surface area contributed by atoms with Gasteiger partial charge in [-0.3, -0.25) is 4.90 Å². The molecule has 0 spiro atoms. The van der Waals surface area contributed by atoms with Crippen molar-refractivity contribution >= 4 is 32.7 Å². The van der Waals surface area contributed by atoms with Gasteiger partial charge in [-0.15, -0.1) is 0 Å². The highest BCUT2D eigenvalue weighted by molar-refractivity contribution is 9.10. The van der Waals surface area contributed by atoms with Gasteiger partial charge >= 0.3 is 6.01 Å². The van der Waals surface area contributed by atoms with Gasteiger partial charge in [0.25, 0.3) is 0 Å². The molecular formula is C22H23BrF2N6O3. The van der Waals surface area contributed by atoms with Crippen molar-refractivity contribution in [1.29, 1.82) is 0 Å². The number of nitrogens with one attached hydrogen (secondary N) is 1. The summed E-state index contributed by atoms with van der Waals surface area (Å²) in [5, 5.41) is 7.62. The third-order valence-electron chi connectivity index (χ3n) is 6.93. The standard InChI is InChI=1S/C22H23BrF2N6O3/c1-11-27-15(30-34-11)6-26-20-16-13-8-32-9-14(13)17(23)18(25)19(16)28-21(29-20)33-10-22-3-2-4-31(22)7-12(24)5-22/h12H,2-10H2,1H3,(H,26,28,29)/t12-,22+/m1/s1. The Morgan fingerprint density at radius 1 is 1.26 bits per heavy atom. The van der Waals surface area contributed by atoms with Gasteiger partial charge in [0.05, 0.1) is 35.2 Å². The fourth-order valence-electron chi connectivity index (χ4n) is 5.39. The van der Waals surface area contributed by atoms with Gasteiger partial charge in [-0.1, -0.05) is 5.16 Å². The number of aryl methyl sites for hydroxylation is 1. The maximum Gasteiger partial charge on any atom is 0.319 e. The first-order valence-electron chi connectivity index (χ1n) is 11.3. The van der Waals surface area contributed by atoms with E-state index >= 15 is 4.39 Å². The lowest BCUT2D eigenvalue weighted by atomic mass is 9.95. The molecular weight excluding hydrogens is 514 g/mol. The molecule has 5 heterocycles. The Kier molecular flexibility index (Phi) is 5.41. The molecule has 180 valence electrons. The van der Waals surface area contributed by atoms with Crippen LogP contribution in [0, 0.1) is 12.7 Å².